The first-order valence-corrected chi connectivity index (χ1v) is 8.39. The van der Waals surface area contributed by atoms with Crippen molar-refractivity contribution in [3.8, 4) is 11.5 Å². The van der Waals surface area contributed by atoms with Gasteiger partial charge >= 0.3 is 0 Å². The van der Waals surface area contributed by atoms with Gasteiger partial charge < -0.3 is 9.47 Å². The zero-order valence-electron chi connectivity index (χ0n) is 13.8. The van der Waals surface area contributed by atoms with Gasteiger partial charge in [-0.25, -0.2) is 4.39 Å². The lowest BCUT2D eigenvalue weighted by Crippen LogP contribution is -2.51. The van der Waals surface area contributed by atoms with E-state index in [-0.39, 0.29) is 12.2 Å². The highest BCUT2D eigenvalue weighted by molar-refractivity contribution is 6.30. The third-order valence-electron chi connectivity index (χ3n) is 4.11. The standard InChI is InChI=1S/C19H21ClFNO2/c1-13(15-5-3-4-14(8-15)10-21)23-18-7-6-16(20)9-19(18)24-17-11-22(2)12-17/h3-9,13,17H,10-12H2,1-2H3. The molecule has 0 radical (unpaired) electrons. The van der Waals surface area contributed by atoms with Gasteiger partial charge in [-0.05, 0) is 43.3 Å². The number of likely N-dealkylation sites (N-methyl/N-ethyl adjacent to an activating group) is 1. The van der Waals surface area contributed by atoms with Crippen LogP contribution in [0.1, 0.15) is 24.2 Å². The highest BCUT2D eigenvalue weighted by Crippen LogP contribution is 2.35. The van der Waals surface area contributed by atoms with Crippen LogP contribution in [-0.4, -0.2) is 31.1 Å². The molecule has 0 aliphatic carbocycles. The summed E-state index contributed by atoms with van der Waals surface area (Å²) in [6.45, 7) is 3.23. The Balaban J connectivity index is 1.75. The van der Waals surface area contributed by atoms with Crippen LogP contribution in [0.25, 0.3) is 0 Å². The second-order valence-corrected chi connectivity index (χ2v) is 6.63. The Morgan fingerprint density at radius 1 is 1.21 bits per heavy atom. The third kappa shape index (κ3) is 4.00. The van der Waals surface area contributed by atoms with E-state index in [9.17, 15) is 4.39 Å². The molecule has 5 heteroatoms. The van der Waals surface area contributed by atoms with Gasteiger partial charge in [0.15, 0.2) is 11.5 Å². The van der Waals surface area contributed by atoms with Gasteiger partial charge in [0, 0.05) is 24.2 Å². The molecule has 2 aromatic rings. The molecule has 1 unspecified atom stereocenters. The zero-order valence-corrected chi connectivity index (χ0v) is 14.6. The average Bonchev–Trinajstić information content (AvgIpc) is 2.55. The predicted octanol–water partition coefficient (Wildman–Crippen LogP) is 4.64. The summed E-state index contributed by atoms with van der Waals surface area (Å²) in [5, 5.41) is 0.608. The number of hydrogen-bond donors (Lipinski definition) is 0. The average molecular weight is 350 g/mol. The number of hydrogen-bond acceptors (Lipinski definition) is 3. The molecule has 0 aromatic heterocycles. The topological polar surface area (TPSA) is 21.7 Å². The normalized spacial score (nSPS) is 16.5. The van der Waals surface area contributed by atoms with Crippen LogP contribution in [0.4, 0.5) is 4.39 Å². The van der Waals surface area contributed by atoms with Gasteiger partial charge in [-0.3, -0.25) is 4.90 Å². The molecule has 1 aliphatic heterocycles. The maximum absolute atomic E-state index is 12.8. The summed E-state index contributed by atoms with van der Waals surface area (Å²) in [5.41, 5.74) is 1.57. The van der Waals surface area contributed by atoms with Crippen molar-refractivity contribution in [1.82, 2.24) is 4.90 Å². The molecule has 0 saturated carbocycles. The fourth-order valence-corrected chi connectivity index (χ4v) is 2.92. The smallest absolute Gasteiger partial charge is 0.163 e. The molecule has 3 rings (SSSR count). The van der Waals surface area contributed by atoms with E-state index in [0.717, 1.165) is 18.7 Å². The molecule has 1 saturated heterocycles. The maximum atomic E-state index is 12.8. The molecule has 1 atom stereocenters. The molecule has 2 aromatic carbocycles. The Morgan fingerprint density at radius 3 is 2.71 bits per heavy atom. The highest BCUT2D eigenvalue weighted by Gasteiger charge is 2.26. The Bertz CT molecular complexity index is 704. The van der Waals surface area contributed by atoms with Gasteiger partial charge in [-0.1, -0.05) is 29.8 Å². The summed E-state index contributed by atoms with van der Waals surface area (Å²) in [5.74, 6) is 1.29. The molecule has 0 spiro atoms. The van der Waals surface area contributed by atoms with Gasteiger partial charge in [0.25, 0.3) is 0 Å². The second kappa shape index (κ2) is 7.41. The van der Waals surface area contributed by atoms with Crippen molar-refractivity contribution in [3.63, 3.8) is 0 Å². The van der Waals surface area contributed by atoms with Gasteiger partial charge in [0.2, 0.25) is 0 Å². The third-order valence-corrected chi connectivity index (χ3v) is 4.34. The van der Waals surface area contributed by atoms with Crippen LogP contribution in [0.2, 0.25) is 5.02 Å². The van der Waals surface area contributed by atoms with Crippen molar-refractivity contribution in [2.24, 2.45) is 0 Å². The number of alkyl halides is 1. The Hall–Kier alpha value is -1.78. The number of ether oxygens (including phenoxy) is 2. The van der Waals surface area contributed by atoms with Gasteiger partial charge in [-0.15, -0.1) is 0 Å². The monoisotopic (exact) mass is 349 g/mol. The lowest BCUT2D eigenvalue weighted by molar-refractivity contribution is 0.0354. The Labute approximate surface area is 146 Å². The number of benzene rings is 2. The summed E-state index contributed by atoms with van der Waals surface area (Å²) < 4.78 is 24.9. The van der Waals surface area contributed by atoms with E-state index in [2.05, 4.69) is 11.9 Å². The van der Waals surface area contributed by atoms with Crippen molar-refractivity contribution < 1.29 is 13.9 Å². The number of halogens is 2. The minimum Gasteiger partial charge on any atom is -0.484 e. The van der Waals surface area contributed by atoms with Crippen LogP contribution >= 0.6 is 11.6 Å². The van der Waals surface area contributed by atoms with Crippen LogP contribution in [0, 0.1) is 0 Å². The van der Waals surface area contributed by atoms with Gasteiger partial charge in [-0.2, -0.15) is 0 Å². The van der Waals surface area contributed by atoms with E-state index < -0.39 is 6.67 Å². The molecule has 0 N–H and O–H groups in total. The maximum Gasteiger partial charge on any atom is 0.163 e. The predicted molar refractivity (Wildman–Crippen MR) is 93.7 cm³/mol. The Morgan fingerprint density at radius 2 is 2.00 bits per heavy atom. The minimum absolute atomic E-state index is 0.154. The molecule has 3 nitrogen and oxygen atoms in total. The molecule has 24 heavy (non-hydrogen) atoms. The fourth-order valence-electron chi connectivity index (χ4n) is 2.75. The quantitative estimate of drug-likeness (QED) is 0.758. The number of likely N-dealkylation sites (tertiary alicyclic amines) is 1. The van der Waals surface area contributed by atoms with Crippen LogP contribution in [-0.2, 0) is 6.67 Å². The van der Waals surface area contributed by atoms with E-state index in [1.54, 1.807) is 18.2 Å². The van der Waals surface area contributed by atoms with Crippen LogP contribution in [0.15, 0.2) is 42.5 Å². The Kier molecular flexibility index (Phi) is 5.27. The molecule has 1 aliphatic rings. The van der Waals surface area contributed by atoms with E-state index in [4.69, 9.17) is 21.1 Å². The summed E-state index contributed by atoms with van der Waals surface area (Å²) in [7, 11) is 2.05. The van der Waals surface area contributed by atoms with Crippen molar-refractivity contribution in [1.29, 1.82) is 0 Å². The number of rotatable bonds is 6. The van der Waals surface area contributed by atoms with Crippen LogP contribution in [0.3, 0.4) is 0 Å². The summed E-state index contributed by atoms with van der Waals surface area (Å²) >= 11 is 6.10. The molecule has 1 heterocycles. The summed E-state index contributed by atoms with van der Waals surface area (Å²) in [6.07, 6.45) is -0.0647. The van der Waals surface area contributed by atoms with Crippen molar-refractivity contribution in [3.05, 3.63) is 58.6 Å². The van der Waals surface area contributed by atoms with Gasteiger partial charge in [0.1, 0.15) is 18.9 Å². The SMILES string of the molecule is CC(Oc1ccc(Cl)cc1OC1CN(C)C1)c1cccc(CF)c1. The summed E-state index contributed by atoms with van der Waals surface area (Å²) in [4.78, 5) is 2.18. The van der Waals surface area contributed by atoms with E-state index >= 15 is 0 Å². The molecular formula is C19H21ClFNO2. The lowest BCUT2D eigenvalue weighted by Gasteiger charge is -2.36. The first-order valence-electron chi connectivity index (χ1n) is 8.01. The van der Waals surface area contributed by atoms with E-state index in [1.165, 1.54) is 0 Å². The first-order chi connectivity index (χ1) is 11.5. The summed E-state index contributed by atoms with van der Waals surface area (Å²) in [6, 6.07) is 12.7. The van der Waals surface area contributed by atoms with E-state index in [1.807, 2.05) is 31.2 Å². The van der Waals surface area contributed by atoms with Gasteiger partial charge in [0.05, 0.1) is 0 Å². The minimum atomic E-state index is -0.481. The van der Waals surface area contributed by atoms with Crippen LogP contribution < -0.4 is 9.47 Å². The molecule has 1 fully saturated rings. The van der Waals surface area contributed by atoms with Crippen LogP contribution in [0.5, 0.6) is 11.5 Å². The largest absolute Gasteiger partial charge is 0.484 e. The fraction of sp³-hybridized carbons (Fsp3) is 0.368. The van der Waals surface area contributed by atoms with Crippen molar-refractivity contribution >= 4 is 11.6 Å². The van der Waals surface area contributed by atoms with Crippen molar-refractivity contribution in [2.75, 3.05) is 20.1 Å². The molecule has 0 bridgehead atoms. The van der Waals surface area contributed by atoms with E-state index in [0.29, 0.717) is 22.1 Å². The number of nitrogens with zero attached hydrogens (tertiary/aromatic N) is 1. The first kappa shape index (κ1) is 17.1. The highest BCUT2D eigenvalue weighted by atomic mass is 35.5. The molecular weight excluding hydrogens is 329 g/mol. The van der Waals surface area contributed by atoms with Crippen molar-refractivity contribution in [2.45, 2.75) is 25.8 Å². The second-order valence-electron chi connectivity index (χ2n) is 6.19. The molecule has 128 valence electrons. The zero-order chi connectivity index (χ0) is 17.1. The lowest BCUT2D eigenvalue weighted by atomic mass is 10.1. The molecule has 0 amide bonds.